The Labute approximate surface area is 158 Å². The van der Waals surface area contributed by atoms with Crippen LogP contribution in [0.1, 0.15) is 6.92 Å². The highest BCUT2D eigenvalue weighted by Crippen LogP contribution is 2.37. The summed E-state index contributed by atoms with van der Waals surface area (Å²) in [6.45, 7) is 1.41. The van der Waals surface area contributed by atoms with Crippen molar-refractivity contribution in [3.05, 3.63) is 59.8 Å². The quantitative estimate of drug-likeness (QED) is 0.514. The number of hydrogen-bond donors (Lipinski definition) is 2. The third kappa shape index (κ3) is 3.37. The molecular formula is C19H13ClFN5O. The fraction of sp³-hybridized carbons (Fsp3) is 0.0526. The maximum atomic E-state index is 13.8. The van der Waals surface area contributed by atoms with Gasteiger partial charge in [-0.05, 0) is 36.4 Å². The number of pyridine rings is 3. The lowest BCUT2D eigenvalue weighted by Gasteiger charge is -2.07. The van der Waals surface area contributed by atoms with Crippen molar-refractivity contribution in [1.82, 2.24) is 19.9 Å². The van der Waals surface area contributed by atoms with Crippen LogP contribution in [0.4, 0.5) is 10.2 Å². The number of rotatable bonds is 3. The van der Waals surface area contributed by atoms with Gasteiger partial charge >= 0.3 is 0 Å². The molecule has 0 unspecified atom stereocenters. The Bertz CT molecular complexity index is 1170. The summed E-state index contributed by atoms with van der Waals surface area (Å²) in [4.78, 5) is 27.1. The van der Waals surface area contributed by atoms with Gasteiger partial charge in [-0.3, -0.25) is 4.79 Å². The van der Waals surface area contributed by atoms with Crippen LogP contribution in [0.5, 0.6) is 0 Å². The highest BCUT2D eigenvalue weighted by atomic mass is 35.5. The van der Waals surface area contributed by atoms with Gasteiger partial charge < -0.3 is 10.3 Å². The standard InChI is InChI=1S/C19H13ClFN5O/c1-10(27)23-16-9-11(7-8-22-16)18-17(12-3-2-4-14(20)24-12)19-13(25-18)5-6-15(21)26-19/h2-9,25H,1H3,(H,22,23,27). The first kappa shape index (κ1) is 17.1. The molecule has 0 saturated carbocycles. The minimum atomic E-state index is -0.593. The molecule has 0 atom stereocenters. The van der Waals surface area contributed by atoms with Gasteiger partial charge in [0.15, 0.2) is 0 Å². The van der Waals surface area contributed by atoms with Crippen molar-refractivity contribution < 1.29 is 9.18 Å². The predicted octanol–water partition coefficient (Wildman–Crippen LogP) is 4.44. The van der Waals surface area contributed by atoms with Gasteiger partial charge in [-0.25, -0.2) is 15.0 Å². The molecule has 0 radical (unpaired) electrons. The van der Waals surface area contributed by atoms with E-state index >= 15 is 0 Å². The van der Waals surface area contributed by atoms with Crippen molar-refractivity contribution in [2.24, 2.45) is 0 Å². The first-order chi connectivity index (χ1) is 13.0. The van der Waals surface area contributed by atoms with Gasteiger partial charge in [0.1, 0.15) is 16.5 Å². The number of anilines is 1. The second-order valence-electron chi connectivity index (χ2n) is 5.86. The Hall–Kier alpha value is -3.32. The molecule has 0 aromatic carbocycles. The number of carbonyl (C=O) groups excluding carboxylic acids is 1. The van der Waals surface area contributed by atoms with E-state index in [4.69, 9.17) is 11.6 Å². The van der Waals surface area contributed by atoms with Crippen LogP contribution in [0.2, 0.25) is 5.15 Å². The zero-order chi connectivity index (χ0) is 19.0. The zero-order valence-electron chi connectivity index (χ0n) is 14.1. The van der Waals surface area contributed by atoms with E-state index < -0.39 is 5.95 Å². The molecule has 0 saturated heterocycles. The number of aromatic nitrogens is 4. The van der Waals surface area contributed by atoms with Crippen LogP contribution in [0.3, 0.4) is 0 Å². The number of nitrogens with one attached hydrogen (secondary N) is 2. The molecule has 8 heteroatoms. The van der Waals surface area contributed by atoms with Gasteiger partial charge in [0.25, 0.3) is 0 Å². The van der Waals surface area contributed by atoms with E-state index in [1.165, 1.54) is 13.0 Å². The van der Waals surface area contributed by atoms with Crippen LogP contribution in [-0.2, 0) is 4.79 Å². The Morgan fingerprint density at radius 1 is 1.19 bits per heavy atom. The van der Waals surface area contributed by atoms with Crippen LogP contribution < -0.4 is 5.32 Å². The van der Waals surface area contributed by atoms with Crippen molar-refractivity contribution in [3.8, 4) is 22.5 Å². The number of fused-ring (bicyclic) bond motifs is 1. The molecule has 27 heavy (non-hydrogen) atoms. The second-order valence-corrected chi connectivity index (χ2v) is 6.25. The topological polar surface area (TPSA) is 83.6 Å². The minimum Gasteiger partial charge on any atom is -0.353 e. The Kier molecular flexibility index (Phi) is 4.29. The van der Waals surface area contributed by atoms with Gasteiger partial charge in [-0.2, -0.15) is 4.39 Å². The molecule has 6 nitrogen and oxygen atoms in total. The molecule has 4 rings (SSSR count). The first-order valence-corrected chi connectivity index (χ1v) is 8.44. The first-order valence-electron chi connectivity index (χ1n) is 8.06. The highest BCUT2D eigenvalue weighted by molar-refractivity contribution is 6.29. The number of carbonyl (C=O) groups is 1. The molecule has 0 aliphatic rings. The summed E-state index contributed by atoms with van der Waals surface area (Å²) in [6.07, 6.45) is 1.58. The number of hydrogen-bond acceptors (Lipinski definition) is 4. The molecule has 134 valence electrons. The van der Waals surface area contributed by atoms with Crippen LogP contribution in [-0.4, -0.2) is 25.8 Å². The van der Waals surface area contributed by atoms with Gasteiger partial charge in [0, 0.05) is 18.7 Å². The lowest BCUT2D eigenvalue weighted by atomic mass is 10.0. The molecule has 2 N–H and O–H groups in total. The molecule has 0 aliphatic carbocycles. The Morgan fingerprint density at radius 2 is 2.04 bits per heavy atom. The van der Waals surface area contributed by atoms with Crippen molar-refractivity contribution in [3.63, 3.8) is 0 Å². The SMILES string of the molecule is CC(=O)Nc1cc(-c2[nH]c3ccc(F)nc3c2-c2cccc(Cl)n2)ccn1. The number of H-pyrrole nitrogens is 1. The van der Waals surface area contributed by atoms with Crippen molar-refractivity contribution in [2.75, 3.05) is 5.32 Å². The van der Waals surface area contributed by atoms with Crippen LogP contribution >= 0.6 is 11.6 Å². The summed E-state index contributed by atoms with van der Waals surface area (Å²) in [6, 6.07) is 11.6. The number of nitrogens with zero attached hydrogens (tertiary/aromatic N) is 3. The monoisotopic (exact) mass is 381 g/mol. The summed E-state index contributed by atoms with van der Waals surface area (Å²) >= 11 is 6.05. The average molecular weight is 382 g/mol. The zero-order valence-corrected chi connectivity index (χ0v) is 14.9. The van der Waals surface area contributed by atoms with Gasteiger partial charge in [0.2, 0.25) is 11.9 Å². The van der Waals surface area contributed by atoms with E-state index in [0.717, 1.165) is 5.56 Å². The maximum Gasteiger partial charge on any atom is 0.222 e. The van der Waals surface area contributed by atoms with Gasteiger partial charge in [0.05, 0.1) is 22.5 Å². The summed E-state index contributed by atoms with van der Waals surface area (Å²) in [5, 5.41) is 2.97. The van der Waals surface area contributed by atoms with Crippen molar-refractivity contribution >= 4 is 34.4 Å². The second kappa shape index (κ2) is 6.77. The molecule has 4 aromatic heterocycles. The minimum absolute atomic E-state index is 0.225. The van der Waals surface area contributed by atoms with Crippen molar-refractivity contribution in [1.29, 1.82) is 0 Å². The lowest BCUT2D eigenvalue weighted by Crippen LogP contribution is -2.07. The molecular weight excluding hydrogens is 369 g/mol. The fourth-order valence-corrected chi connectivity index (χ4v) is 3.05. The van der Waals surface area contributed by atoms with Gasteiger partial charge in [-0.1, -0.05) is 17.7 Å². The third-order valence-corrected chi connectivity index (χ3v) is 4.14. The van der Waals surface area contributed by atoms with E-state index in [0.29, 0.717) is 39.0 Å². The Morgan fingerprint density at radius 3 is 2.81 bits per heavy atom. The van der Waals surface area contributed by atoms with Crippen molar-refractivity contribution in [2.45, 2.75) is 6.92 Å². The smallest absolute Gasteiger partial charge is 0.222 e. The van der Waals surface area contributed by atoms with Crippen LogP contribution in [0, 0.1) is 5.95 Å². The summed E-state index contributed by atoms with van der Waals surface area (Å²) in [7, 11) is 0. The lowest BCUT2D eigenvalue weighted by molar-refractivity contribution is -0.114. The van der Waals surface area contributed by atoms with E-state index in [1.807, 2.05) is 0 Å². The predicted molar refractivity (Wildman–Crippen MR) is 102 cm³/mol. The largest absolute Gasteiger partial charge is 0.353 e. The Balaban J connectivity index is 1.98. The third-order valence-electron chi connectivity index (χ3n) is 3.93. The van der Waals surface area contributed by atoms with Crippen LogP contribution in [0.15, 0.2) is 48.7 Å². The fourth-order valence-electron chi connectivity index (χ4n) is 2.89. The number of aromatic amines is 1. The number of amides is 1. The maximum absolute atomic E-state index is 13.8. The molecule has 1 amide bonds. The molecule has 4 aromatic rings. The van der Waals surface area contributed by atoms with E-state index in [-0.39, 0.29) is 5.91 Å². The molecule has 0 bridgehead atoms. The number of halogens is 2. The summed E-state index contributed by atoms with van der Waals surface area (Å²) in [5.41, 5.74) is 3.68. The normalized spacial score (nSPS) is 10.9. The highest BCUT2D eigenvalue weighted by Gasteiger charge is 2.19. The van der Waals surface area contributed by atoms with E-state index in [1.54, 1.807) is 42.6 Å². The summed E-state index contributed by atoms with van der Waals surface area (Å²) in [5.74, 6) is -0.412. The molecule has 0 fully saturated rings. The van der Waals surface area contributed by atoms with E-state index in [9.17, 15) is 9.18 Å². The molecule has 0 spiro atoms. The molecule has 4 heterocycles. The molecule has 0 aliphatic heterocycles. The average Bonchev–Trinajstić information content (AvgIpc) is 3.00. The van der Waals surface area contributed by atoms with E-state index in [2.05, 4.69) is 25.3 Å². The van der Waals surface area contributed by atoms with Crippen LogP contribution in [0.25, 0.3) is 33.5 Å². The van der Waals surface area contributed by atoms with Gasteiger partial charge in [-0.15, -0.1) is 0 Å². The summed E-state index contributed by atoms with van der Waals surface area (Å²) < 4.78 is 13.8.